The first-order chi connectivity index (χ1) is 20.5. The number of halogens is 1. The predicted molar refractivity (Wildman–Crippen MR) is 183 cm³/mol. The lowest BCUT2D eigenvalue weighted by molar-refractivity contribution is 0.243. The van der Waals surface area contributed by atoms with Crippen molar-refractivity contribution in [2.45, 2.75) is 53.8 Å². The highest BCUT2D eigenvalue weighted by Gasteiger charge is 2.18. The van der Waals surface area contributed by atoms with Gasteiger partial charge in [-0.1, -0.05) is 0 Å². The van der Waals surface area contributed by atoms with E-state index in [4.69, 9.17) is 25.4 Å². The van der Waals surface area contributed by atoms with Crippen molar-refractivity contribution in [3.63, 3.8) is 0 Å². The monoisotopic (exact) mass is 650 g/mol. The van der Waals surface area contributed by atoms with Gasteiger partial charge in [0.2, 0.25) is 0 Å². The third kappa shape index (κ3) is 7.85. The van der Waals surface area contributed by atoms with E-state index in [-0.39, 0.29) is 24.6 Å². The summed E-state index contributed by atoms with van der Waals surface area (Å²) in [6, 6.07) is 15.2. The molecule has 3 heterocycles. The zero-order chi connectivity index (χ0) is 30.7. The number of nitrogens with two attached hydrogens (primary N) is 2. The first-order valence-corrected chi connectivity index (χ1v) is 15.6. The Labute approximate surface area is 271 Å². The molecule has 2 aromatic carbocycles. The van der Waals surface area contributed by atoms with Crippen LogP contribution in [0.5, 0.6) is 11.5 Å². The Hall–Kier alpha value is -4.19. The summed E-state index contributed by atoms with van der Waals surface area (Å²) in [5, 5.41) is 5.25. The third-order valence-corrected chi connectivity index (χ3v) is 7.93. The van der Waals surface area contributed by atoms with Gasteiger partial charge in [0.05, 0.1) is 34.7 Å². The summed E-state index contributed by atoms with van der Waals surface area (Å²) in [6.45, 7) is 11.7. The fourth-order valence-corrected chi connectivity index (χ4v) is 5.61. The van der Waals surface area contributed by atoms with E-state index in [0.717, 1.165) is 22.5 Å². The summed E-state index contributed by atoms with van der Waals surface area (Å²) in [5.41, 5.74) is 17.2. The van der Waals surface area contributed by atoms with E-state index in [1.165, 1.54) is 22.7 Å². The van der Waals surface area contributed by atoms with Crippen molar-refractivity contribution in [1.29, 1.82) is 0 Å². The van der Waals surface area contributed by atoms with Gasteiger partial charge in [-0.25, -0.2) is 20.0 Å². The number of aryl methyl sites for hydroxylation is 2. The molecule has 12 heteroatoms. The Morgan fingerprint density at radius 3 is 1.45 bits per heavy atom. The lowest BCUT2D eigenvalue weighted by atomic mass is 10.1. The minimum Gasteiger partial charge on any atom is -0.490 e. The molecule has 230 valence electrons. The Kier molecular flexibility index (Phi) is 10.5. The Bertz CT molecular complexity index is 1680. The number of furan rings is 1. The van der Waals surface area contributed by atoms with Gasteiger partial charge in [0.1, 0.15) is 23.0 Å². The van der Waals surface area contributed by atoms with Crippen molar-refractivity contribution in [1.82, 2.24) is 9.97 Å². The van der Waals surface area contributed by atoms with Crippen LogP contribution in [-0.4, -0.2) is 33.8 Å². The maximum atomic E-state index is 6.39. The van der Waals surface area contributed by atoms with Gasteiger partial charge in [0.25, 0.3) is 0 Å². The lowest BCUT2D eigenvalue weighted by Gasteiger charge is -2.15. The maximum absolute atomic E-state index is 6.39. The molecule has 0 amide bonds. The van der Waals surface area contributed by atoms with Gasteiger partial charge < -0.3 is 25.4 Å². The van der Waals surface area contributed by atoms with Crippen molar-refractivity contribution in [2.75, 3.05) is 0 Å². The average molecular weight is 651 g/mol. The number of aliphatic imine (C=N–C) groups is 2. The van der Waals surface area contributed by atoms with E-state index in [1.54, 1.807) is 0 Å². The van der Waals surface area contributed by atoms with Gasteiger partial charge in [-0.05, 0) is 77.9 Å². The molecule has 0 saturated carbocycles. The summed E-state index contributed by atoms with van der Waals surface area (Å²) < 4.78 is 18.7. The summed E-state index contributed by atoms with van der Waals surface area (Å²) in [6.07, 6.45) is -0.127. The van der Waals surface area contributed by atoms with Crippen LogP contribution in [0.1, 0.15) is 49.1 Å². The number of hydrogen-bond donors (Lipinski definition) is 2. The molecule has 5 aromatic rings. The molecule has 3 aromatic heterocycles. The second-order valence-electron chi connectivity index (χ2n) is 10.4. The van der Waals surface area contributed by atoms with Crippen LogP contribution in [0.25, 0.3) is 22.6 Å². The number of rotatable bonds is 10. The van der Waals surface area contributed by atoms with Crippen LogP contribution < -0.4 is 20.9 Å². The molecule has 0 saturated heterocycles. The van der Waals surface area contributed by atoms with E-state index in [2.05, 4.69) is 20.0 Å². The predicted octanol–water partition coefficient (Wildman–Crippen LogP) is 8.21. The molecule has 0 fully saturated rings. The highest BCUT2D eigenvalue weighted by atomic mass is 35.5. The molecule has 0 bridgehead atoms. The number of amidine groups is 2. The average Bonchev–Trinajstić information content (AvgIpc) is 3.70. The van der Waals surface area contributed by atoms with Crippen molar-refractivity contribution < 1.29 is 13.9 Å². The quantitative estimate of drug-likeness (QED) is 0.115. The lowest BCUT2D eigenvalue weighted by Crippen LogP contribution is -2.12. The van der Waals surface area contributed by atoms with Crippen LogP contribution in [0.4, 0.5) is 11.4 Å². The molecular weight excluding hydrogens is 616 g/mol. The molecule has 9 nitrogen and oxygen atoms in total. The van der Waals surface area contributed by atoms with Gasteiger partial charge >= 0.3 is 0 Å². The van der Waals surface area contributed by atoms with Crippen LogP contribution in [0, 0.1) is 13.8 Å². The van der Waals surface area contributed by atoms with Gasteiger partial charge in [0.15, 0.2) is 21.7 Å². The summed E-state index contributed by atoms with van der Waals surface area (Å²) in [4.78, 5) is 18.0. The molecule has 44 heavy (non-hydrogen) atoms. The summed E-state index contributed by atoms with van der Waals surface area (Å²) in [7, 11) is 0. The van der Waals surface area contributed by atoms with Crippen LogP contribution in [0.2, 0.25) is 0 Å². The fourth-order valence-electron chi connectivity index (χ4n) is 4.22. The van der Waals surface area contributed by atoms with Crippen LogP contribution in [0.3, 0.4) is 0 Å². The normalized spacial score (nSPS) is 12.1. The number of benzene rings is 2. The smallest absolute Gasteiger partial charge is 0.160 e. The largest absolute Gasteiger partial charge is 0.490 e. The molecule has 0 spiro atoms. The minimum absolute atomic E-state index is 0. The number of aromatic nitrogens is 2. The summed E-state index contributed by atoms with van der Waals surface area (Å²) in [5.74, 6) is 3.27. The molecule has 0 unspecified atom stereocenters. The third-order valence-electron chi connectivity index (χ3n) is 5.97. The highest BCUT2D eigenvalue weighted by Crippen LogP contribution is 2.40. The number of hydrogen-bond acceptors (Lipinski definition) is 9. The maximum Gasteiger partial charge on any atom is 0.160 e. The van der Waals surface area contributed by atoms with Crippen LogP contribution in [0.15, 0.2) is 73.7 Å². The second-order valence-corrected chi connectivity index (χ2v) is 12.2. The topological polar surface area (TPSA) is 134 Å². The van der Waals surface area contributed by atoms with Gasteiger partial charge in [-0.2, -0.15) is 0 Å². The van der Waals surface area contributed by atoms with Crippen molar-refractivity contribution >= 4 is 58.1 Å². The SMILES string of the molecule is Cc1csc(C(N)=Nc2ccc(-c3ccc(-c4ccc(N=C(N)c5nc(C)cs5)cc4OC(C)C)o3)c(OC(C)C)c2)n1.Cl. The number of ether oxygens (including phenoxy) is 2. The zero-order valence-corrected chi connectivity index (χ0v) is 27.8. The zero-order valence-electron chi connectivity index (χ0n) is 25.3. The molecular formula is C32H35ClN6O3S2. The Morgan fingerprint density at radius 2 is 1.11 bits per heavy atom. The second kappa shape index (κ2) is 14.1. The van der Waals surface area contributed by atoms with Crippen LogP contribution >= 0.6 is 35.1 Å². The van der Waals surface area contributed by atoms with Crippen molar-refractivity contribution in [2.24, 2.45) is 21.5 Å². The highest BCUT2D eigenvalue weighted by molar-refractivity contribution is 7.12. The number of nitrogens with zero attached hydrogens (tertiary/aromatic N) is 4. The van der Waals surface area contributed by atoms with Gasteiger partial charge in [-0.15, -0.1) is 35.1 Å². The van der Waals surface area contributed by atoms with E-state index < -0.39 is 0 Å². The molecule has 4 N–H and O–H groups in total. The van der Waals surface area contributed by atoms with Gasteiger partial charge in [0, 0.05) is 34.3 Å². The van der Waals surface area contributed by atoms with Crippen LogP contribution in [-0.2, 0) is 0 Å². The first kappa shape index (κ1) is 32.7. The molecule has 0 aliphatic rings. The standard InChI is InChI=1S/C32H34N6O3S2.ClH/c1-17(2)39-27-13-21(37-29(33)31-35-19(5)15-42-31)7-9-23(27)25-11-12-26(41-25)24-10-8-22(14-28(24)40-18(3)4)38-30(34)32-36-20(6)16-43-32;/h7-18H,1-6H3,(H2,33,37)(H2,34,38);1H. The fraction of sp³-hybridized carbons (Fsp3) is 0.250. The molecule has 0 aliphatic heterocycles. The Morgan fingerprint density at radius 1 is 0.705 bits per heavy atom. The first-order valence-electron chi connectivity index (χ1n) is 13.8. The van der Waals surface area contributed by atoms with Gasteiger partial charge in [-0.3, -0.25) is 0 Å². The minimum atomic E-state index is -0.0637. The Balaban J connectivity index is 0.00000442. The molecule has 0 aliphatic carbocycles. The van der Waals surface area contributed by atoms with Crippen molar-refractivity contribution in [3.8, 4) is 34.1 Å². The van der Waals surface area contributed by atoms with E-state index in [9.17, 15) is 0 Å². The molecule has 0 radical (unpaired) electrons. The van der Waals surface area contributed by atoms with E-state index in [1.807, 2.05) is 101 Å². The summed E-state index contributed by atoms with van der Waals surface area (Å²) >= 11 is 2.92. The molecule has 0 atom stereocenters. The van der Waals surface area contributed by atoms with Crippen molar-refractivity contribution in [3.05, 3.63) is 80.7 Å². The number of thiazole rings is 2. The van der Waals surface area contributed by atoms with E-state index in [0.29, 0.717) is 56.1 Å². The van der Waals surface area contributed by atoms with E-state index >= 15 is 0 Å². The molecule has 5 rings (SSSR count).